The first-order chi connectivity index (χ1) is 26.8. The summed E-state index contributed by atoms with van der Waals surface area (Å²) in [5, 5.41) is 0. The van der Waals surface area contributed by atoms with Crippen LogP contribution in [0, 0.1) is 0 Å². The topological polar surface area (TPSA) is 134 Å². The molecule has 0 aromatic heterocycles. The van der Waals surface area contributed by atoms with Crippen molar-refractivity contribution >= 4 is 19.8 Å². The van der Waals surface area contributed by atoms with Crippen LogP contribution in [0.1, 0.15) is 194 Å². The molecule has 9 nitrogen and oxygen atoms in total. The van der Waals surface area contributed by atoms with Gasteiger partial charge in [0.2, 0.25) is 0 Å². The number of phosphoric ester groups is 1. The van der Waals surface area contributed by atoms with Gasteiger partial charge in [0, 0.05) is 19.4 Å². The fourth-order valence-electron chi connectivity index (χ4n) is 5.98. The van der Waals surface area contributed by atoms with Gasteiger partial charge in [0.05, 0.1) is 13.2 Å². The summed E-state index contributed by atoms with van der Waals surface area (Å²) in [6, 6.07) is 0. The summed E-state index contributed by atoms with van der Waals surface area (Å²) in [5.74, 6) is -0.853. The van der Waals surface area contributed by atoms with Gasteiger partial charge >= 0.3 is 19.8 Å². The number of carbonyl (C=O) groups excluding carboxylic acids is 2. The zero-order chi connectivity index (χ0) is 40.3. The predicted octanol–water partition coefficient (Wildman–Crippen LogP) is 12.7. The Kier molecular flexibility index (Phi) is 40.1. The second-order valence-corrected chi connectivity index (χ2v) is 16.0. The predicted molar refractivity (Wildman–Crippen MR) is 229 cm³/mol. The van der Waals surface area contributed by atoms with Gasteiger partial charge in [-0.15, -0.1) is 0 Å². The lowest BCUT2D eigenvalue weighted by molar-refractivity contribution is -0.161. The molecule has 0 bridgehead atoms. The molecule has 2 unspecified atom stereocenters. The molecule has 0 heterocycles. The normalized spacial score (nSPS) is 13.7. The molecule has 0 aliphatic heterocycles. The largest absolute Gasteiger partial charge is 0.472 e. The molecule has 0 aromatic rings. The van der Waals surface area contributed by atoms with Crippen LogP contribution < -0.4 is 5.73 Å². The summed E-state index contributed by atoms with van der Waals surface area (Å²) >= 11 is 0. The molecule has 0 spiro atoms. The van der Waals surface area contributed by atoms with Gasteiger partial charge in [0.25, 0.3) is 0 Å². The minimum absolute atomic E-state index is 0.0484. The molecule has 3 N–H and O–H groups in total. The Hall–Kier alpha value is -2.03. The first-order valence-corrected chi connectivity index (χ1v) is 23.6. The minimum Gasteiger partial charge on any atom is -0.462 e. The fraction of sp³-hybridized carbons (Fsp3) is 0.778. The van der Waals surface area contributed by atoms with E-state index in [-0.39, 0.29) is 38.6 Å². The van der Waals surface area contributed by atoms with Gasteiger partial charge < -0.3 is 20.1 Å². The number of hydrogen-bond acceptors (Lipinski definition) is 8. The van der Waals surface area contributed by atoms with Crippen LogP contribution in [0.25, 0.3) is 0 Å². The van der Waals surface area contributed by atoms with E-state index in [9.17, 15) is 19.0 Å². The third-order valence-electron chi connectivity index (χ3n) is 9.23. The summed E-state index contributed by atoms with van der Waals surface area (Å²) in [4.78, 5) is 34.9. The monoisotopic (exact) mass is 796 g/mol. The van der Waals surface area contributed by atoms with Crippen LogP contribution >= 0.6 is 7.82 Å². The van der Waals surface area contributed by atoms with Crippen LogP contribution in [0.3, 0.4) is 0 Å². The van der Waals surface area contributed by atoms with Crippen molar-refractivity contribution in [3.05, 3.63) is 48.6 Å². The van der Waals surface area contributed by atoms with E-state index in [0.717, 1.165) is 70.6 Å². The number of rotatable bonds is 41. The van der Waals surface area contributed by atoms with Crippen LogP contribution in [0.2, 0.25) is 0 Å². The minimum atomic E-state index is -4.38. The number of ether oxygens (including phenoxy) is 2. The van der Waals surface area contributed by atoms with E-state index >= 15 is 0 Å². The highest BCUT2D eigenvalue weighted by atomic mass is 31.2. The van der Waals surface area contributed by atoms with E-state index in [1.165, 1.54) is 89.9 Å². The number of phosphoric acid groups is 1. The summed E-state index contributed by atoms with van der Waals surface area (Å²) in [5.41, 5.74) is 5.35. The molecule has 10 heteroatoms. The summed E-state index contributed by atoms with van der Waals surface area (Å²) < 4.78 is 32.8. The molecule has 0 fully saturated rings. The van der Waals surface area contributed by atoms with Crippen molar-refractivity contribution < 1.29 is 37.6 Å². The van der Waals surface area contributed by atoms with E-state index in [1.54, 1.807) is 0 Å². The lowest BCUT2D eigenvalue weighted by atomic mass is 10.0. The zero-order valence-corrected chi connectivity index (χ0v) is 36.0. The number of carbonyl (C=O) groups is 2. The molecule has 0 aliphatic carbocycles. The van der Waals surface area contributed by atoms with Crippen LogP contribution in [0.15, 0.2) is 48.6 Å². The summed E-state index contributed by atoms with van der Waals surface area (Å²) in [6.07, 6.45) is 47.1. The molecule has 320 valence electrons. The van der Waals surface area contributed by atoms with Gasteiger partial charge in [0.1, 0.15) is 6.61 Å². The van der Waals surface area contributed by atoms with Crippen LogP contribution in [0.5, 0.6) is 0 Å². The van der Waals surface area contributed by atoms with Crippen LogP contribution in [-0.2, 0) is 32.7 Å². The average Bonchev–Trinajstić information content (AvgIpc) is 3.17. The molecule has 0 saturated carbocycles. The average molecular weight is 796 g/mol. The zero-order valence-electron chi connectivity index (χ0n) is 35.2. The van der Waals surface area contributed by atoms with Crippen molar-refractivity contribution in [1.29, 1.82) is 0 Å². The third-order valence-corrected chi connectivity index (χ3v) is 10.2. The number of nitrogens with two attached hydrogens (primary N) is 1. The molecular formula is C45H82NO8P. The molecule has 2 atom stereocenters. The van der Waals surface area contributed by atoms with Gasteiger partial charge in [-0.05, 0) is 51.4 Å². The first-order valence-electron chi connectivity index (χ1n) is 22.1. The van der Waals surface area contributed by atoms with E-state index in [4.69, 9.17) is 24.3 Å². The second kappa shape index (κ2) is 41.6. The summed E-state index contributed by atoms with van der Waals surface area (Å²) in [6.45, 7) is 3.60. The third kappa shape index (κ3) is 41.4. The molecular weight excluding hydrogens is 713 g/mol. The lowest BCUT2D eigenvalue weighted by Gasteiger charge is -2.19. The van der Waals surface area contributed by atoms with E-state index in [2.05, 4.69) is 62.5 Å². The Morgan fingerprint density at radius 2 is 1.00 bits per heavy atom. The molecule has 55 heavy (non-hydrogen) atoms. The van der Waals surface area contributed by atoms with Crippen molar-refractivity contribution in [2.75, 3.05) is 26.4 Å². The Bertz CT molecular complexity index is 1040. The van der Waals surface area contributed by atoms with Crippen LogP contribution in [0.4, 0.5) is 0 Å². The SMILES string of the molecule is CCC=CCC=CCC=CCC=CCCCCCCC(=O)OC(COC(=O)CCCCCCCCCCCCCCCCCCC)COP(=O)(O)OCCN. The van der Waals surface area contributed by atoms with Gasteiger partial charge in [0.15, 0.2) is 6.10 Å². The van der Waals surface area contributed by atoms with Crippen molar-refractivity contribution in [1.82, 2.24) is 0 Å². The van der Waals surface area contributed by atoms with Gasteiger partial charge in [-0.2, -0.15) is 0 Å². The van der Waals surface area contributed by atoms with Crippen molar-refractivity contribution in [3.8, 4) is 0 Å². The Balaban J connectivity index is 4.17. The highest BCUT2D eigenvalue weighted by Crippen LogP contribution is 2.43. The number of esters is 2. The molecule has 0 aliphatic rings. The van der Waals surface area contributed by atoms with Crippen molar-refractivity contribution in [2.24, 2.45) is 5.73 Å². The Morgan fingerprint density at radius 1 is 0.564 bits per heavy atom. The first kappa shape index (κ1) is 53.0. The summed E-state index contributed by atoms with van der Waals surface area (Å²) in [7, 11) is -4.38. The number of unbranched alkanes of at least 4 members (excludes halogenated alkanes) is 20. The number of allylic oxidation sites excluding steroid dienone is 8. The Labute approximate surface area is 336 Å². The quantitative estimate of drug-likeness (QED) is 0.0268. The maximum atomic E-state index is 12.6. The molecule has 0 aromatic carbocycles. The van der Waals surface area contributed by atoms with Gasteiger partial charge in [-0.25, -0.2) is 4.57 Å². The lowest BCUT2D eigenvalue weighted by Crippen LogP contribution is -2.29. The van der Waals surface area contributed by atoms with Crippen molar-refractivity contribution in [2.45, 2.75) is 200 Å². The van der Waals surface area contributed by atoms with Crippen molar-refractivity contribution in [3.63, 3.8) is 0 Å². The molecule has 0 radical (unpaired) electrons. The van der Waals surface area contributed by atoms with Gasteiger partial charge in [-0.3, -0.25) is 18.6 Å². The maximum Gasteiger partial charge on any atom is 0.472 e. The number of hydrogen-bond donors (Lipinski definition) is 2. The highest BCUT2D eigenvalue weighted by Gasteiger charge is 2.26. The molecule has 0 amide bonds. The van der Waals surface area contributed by atoms with E-state index in [0.29, 0.717) is 6.42 Å². The molecule has 0 rings (SSSR count). The fourth-order valence-corrected chi connectivity index (χ4v) is 6.74. The smallest absolute Gasteiger partial charge is 0.462 e. The van der Waals surface area contributed by atoms with E-state index in [1.807, 2.05) is 0 Å². The van der Waals surface area contributed by atoms with Crippen LogP contribution in [-0.4, -0.2) is 49.3 Å². The standard InChI is InChI=1S/C45H82NO8P/c1-3-5-7-9-11-13-15-17-19-21-23-25-27-29-31-33-35-37-44(47)51-41-43(42-53-55(49,50)52-40-39-46)54-45(48)38-36-34-32-30-28-26-24-22-20-18-16-14-12-10-8-6-4-2/h6,8,12,14,18,20,24,26,43H,3-5,7,9-11,13,15-17,19,21-23,25,27-42,46H2,1-2H3,(H,49,50). The Morgan fingerprint density at radius 3 is 1.49 bits per heavy atom. The highest BCUT2D eigenvalue weighted by molar-refractivity contribution is 7.47. The maximum absolute atomic E-state index is 12.6. The second-order valence-electron chi connectivity index (χ2n) is 14.5. The van der Waals surface area contributed by atoms with Gasteiger partial charge in [-0.1, -0.05) is 178 Å². The van der Waals surface area contributed by atoms with E-state index < -0.39 is 26.5 Å². The molecule has 0 saturated heterocycles.